The number of methoxy groups -OCH3 is 1. The number of pyridine rings is 1. The van der Waals surface area contributed by atoms with Crippen LogP contribution < -0.4 is 15.8 Å². The minimum atomic E-state index is -4.40. The zero-order chi connectivity index (χ0) is 14.8. The van der Waals surface area contributed by atoms with Crippen LogP contribution in [0.25, 0.3) is 0 Å². The maximum Gasteiger partial charge on any atom is 0.416 e. The molecular weight excluding hydrogens is 271 g/mol. The van der Waals surface area contributed by atoms with Gasteiger partial charge in [-0.25, -0.2) is 0 Å². The first-order valence-electron chi connectivity index (χ1n) is 5.65. The van der Waals surface area contributed by atoms with Crippen LogP contribution in [0, 0.1) is 0 Å². The van der Waals surface area contributed by atoms with Crippen LogP contribution in [0.1, 0.15) is 5.56 Å². The van der Waals surface area contributed by atoms with Gasteiger partial charge in [-0.1, -0.05) is 6.07 Å². The normalized spacial score (nSPS) is 11.2. The van der Waals surface area contributed by atoms with E-state index in [4.69, 9.17) is 10.5 Å². The number of halogens is 3. The van der Waals surface area contributed by atoms with Gasteiger partial charge in [0.1, 0.15) is 0 Å². The third-order valence-corrected chi connectivity index (χ3v) is 2.56. The Kier molecular flexibility index (Phi) is 3.69. The highest BCUT2D eigenvalue weighted by atomic mass is 19.4. The predicted octanol–water partition coefficient (Wildman–Crippen LogP) is 3.43. The third kappa shape index (κ3) is 3.11. The van der Waals surface area contributed by atoms with Crippen molar-refractivity contribution < 1.29 is 17.9 Å². The van der Waals surface area contributed by atoms with E-state index in [0.29, 0.717) is 11.6 Å². The Hall–Kier alpha value is -2.44. The average Bonchev–Trinajstić information content (AvgIpc) is 2.41. The molecule has 7 heteroatoms. The van der Waals surface area contributed by atoms with E-state index in [-0.39, 0.29) is 11.5 Å². The molecule has 0 aliphatic heterocycles. The minimum absolute atomic E-state index is 0.240. The number of alkyl halides is 3. The van der Waals surface area contributed by atoms with Crippen LogP contribution >= 0.6 is 0 Å². The molecule has 2 rings (SSSR count). The monoisotopic (exact) mass is 283 g/mol. The molecule has 1 heterocycles. The molecule has 0 radical (unpaired) electrons. The quantitative estimate of drug-likeness (QED) is 0.906. The molecule has 0 unspecified atom stereocenters. The highest BCUT2D eigenvalue weighted by Crippen LogP contribution is 2.32. The number of rotatable bonds is 3. The van der Waals surface area contributed by atoms with E-state index in [0.717, 1.165) is 12.1 Å². The first-order valence-corrected chi connectivity index (χ1v) is 5.65. The Bertz CT molecular complexity index is 614. The van der Waals surface area contributed by atoms with Gasteiger partial charge in [0.15, 0.2) is 5.82 Å². The Morgan fingerprint density at radius 3 is 2.60 bits per heavy atom. The Labute approximate surface area is 113 Å². The van der Waals surface area contributed by atoms with Gasteiger partial charge in [0, 0.05) is 11.8 Å². The van der Waals surface area contributed by atoms with Gasteiger partial charge < -0.3 is 15.8 Å². The van der Waals surface area contributed by atoms with Crippen LogP contribution in [-0.2, 0) is 6.18 Å². The largest absolute Gasteiger partial charge is 0.481 e. The molecule has 4 nitrogen and oxygen atoms in total. The fraction of sp³-hybridized carbons (Fsp3) is 0.154. The average molecular weight is 283 g/mol. The fourth-order valence-electron chi connectivity index (χ4n) is 1.58. The second-order valence-corrected chi connectivity index (χ2v) is 4.00. The summed E-state index contributed by atoms with van der Waals surface area (Å²) in [4.78, 5) is 4.04. The molecule has 20 heavy (non-hydrogen) atoms. The molecule has 0 atom stereocenters. The van der Waals surface area contributed by atoms with Crippen molar-refractivity contribution >= 4 is 17.2 Å². The second-order valence-electron chi connectivity index (χ2n) is 4.00. The number of nitrogens with zero attached hydrogens (tertiary/aromatic N) is 1. The molecule has 0 saturated heterocycles. The van der Waals surface area contributed by atoms with E-state index < -0.39 is 11.7 Å². The number of anilines is 3. The number of hydrogen-bond donors (Lipinski definition) is 2. The molecule has 0 amide bonds. The lowest BCUT2D eigenvalue weighted by Crippen LogP contribution is -2.06. The van der Waals surface area contributed by atoms with Crippen LogP contribution in [0.5, 0.6) is 5.88 Å². The molecule has 1 aromatic carbocycles. The number of ether oxygens (including phenoxy) is 1. The maximum absolute atomic E-state index is 12.6. The first-order chi connectivity index (χ1) is 9.40. The van der Waals surface area contributed by atoms with E-state index in [1.54, 1.807) is 12.1 Å². The number of nitrogens with two attached hydrogens (primary N) is 1. The van der Waals surface area contributed by atoms with Gasteiger partial charge in [0.25, 0.3) is 0 Å². The van der Waals surface area contributed by atoms with Crippen LogP contribution in [0.15, 0.2) is 36.4 Å². The molecule has 2 aromatic rings. The fourth-order valence-corrected chi connectivity index (χ4v) is 1.58. The number of hydrogen-bond acceptors (Lipinski definition) is 4. The zero-order valence-corrected chi connectivity index (χ0v) is 10.5. The Balaban J connectivity index is 2.30. The van der Waals surface area contributed by atoms with Crippen molar-refractivity contribution in [1.29, 1.82) is 0 Å². The summed E-state index contributed by atoms with van der Waals surface area (Å²) in [6.07, 6.45) is -4.40. The van der Waals surface area contributed by atoms with Gasteiger partial charge in [-0.2, -0.15) is 18.2 Å². The van der Waals surface area contributed by atoms with Crippen LogP contribution in [-0.4, -0.2) is 12.1 Å². The highest BCUT2D eigenvalue weighted by molar-refractivity contribution is 5.69. The van der Waals surface area contributed by atoms with Gasteiger partial charge in [-0.05, 0) is 24.3 Å². The highest BCUT2D eigenvalue weighted by Gasteiger charge is 2.30. The van der Waals surface area contributed by atoms with Crippen molar-refractivity contribution in [3.05, 3.63) is 42.0 Å². The standard InChI is InChI=1S/C13H12F3N3O/c1-20-11-6-5-10(17)12(19-11)18-9-4-2-3-8(7-9)13(14,15)16/h2-7H,17H2,1H3,(H,18,19). The minimum Gasteiger partial charge on any atom is -0.481 e. The van der Waals surface area contributed by atoms with E-state index in [1.807, 2.05) is 0 Å². The summed E-state index contributed by atoms with van der Waals surface area (Å²) < 4.78 is 42.8. The third-order valence-electron chi connectivity index (χ3n) is 2.56. The van der Waals surface area contributed by atoms with Gasteiger partial charge in [0.05, 0.1) is 18.4 Å². The molecule has 0 bridgehead atoms. The van der Waals surface area contributed by atoms with Gasteiger partial charge >= 0.3 is 6.18 Å². The van der Waals surface area contributed by atoms with Crippen molar-refractivity contribution in [2.45, 2.75) is 6.18 Å². The topological polar surface area (TPSA) is 60.2 Å². The van der Waals surface area contributed by atoms with E-state index >= 15 is 0 Å². The van der Waals surface area contributed by atoms with Crippen LogP contribution in [0.4, 0.5) is 30.4 Å². The lowest BCUT2D eigenvalue weighted by Gasteiger charge is -2.12. The second kappa shape index (κ2) is 5.28. The number of benzene rings is 1. The molecule has 3 N–H and O–H groups in total. The Morgan fingerprint density at radius 2 is 1.95 bits per heavy atom. The summed E-state index contributed by atoms with van der Waals surface area (Å²) in [6, 6.07) is 7.90. The number of aromatic nitrogens is 1. The van der Waals surface area contributed by atoms with E-state index in [9.17, 15) is 13.2 Å². The van der Waals surface area contributed by atoms with Crippen molar-refractivity contribution in [3.63, 3.8) is 0 Å². The summed E-state index contributed by atoms with van der Waals surface area (Å²) in [7, 11) is 1.44. The molecule has 0 aliphatic carbocycles. The molecule has 0 spiro atoms. The number of nitrogen functional groups attached to an aromatic ring is 1. The zero-order valence-electron chi connectivity index (χ0n) is 10.5. The smallest absolute Gasteiger partial charge is 0.416 e. The summed E-state index contributed by atoms with van der Waals surface area (Å²) in [5, 5.41) is 2.74. The van der Waals surface area contributed by atoms with Gasteiger partial charge in [0.2, 0.25) is 5.88 Å². The molecule has 0 aliphatic rings. The molecule has 0 fully saturated rings. The lowest BCUT2D eigenvalue weighted by molar-refractivity contribution is -0.137. The first kappa shape index (κ1) is 14.0. The SMILES string of the molecule is COc1ccc(N)c(Nc2cccc(C(F)(F)F)c2)n1. The summed E-state index contributed by atoms with van der Waals surface area (Å²) in [5.41, 5.74) is 5.52. The number of nitrogens with one attached hydrogen (secondary N) is 1. The van der Waals surface area contributed by atoms with Gasteiger partial charge in [-0.3, -0.25) is 0 Å². The molecule has 1 aromatic heterocycles. The summed E-state index contributed by atoms with van der Waals surface area (Å²) >= 11 is 0. The summed E-state index contributed by atoms with van der Waals surface area (Å²) in [6.45, 7) is 0. The van der Waals surface area contributed by atoms with Gasteiger partial charge in [-0.15, -0.1) is 0 Å². The van der Waals surface area contributed by atoms with Crippen molar-refractivity contribution in [2.24, 2.45) is 0 Å². The lowest BCUT2D eigenvalue weighted by atomic mass is 10.2. The van der Waals surface area contributed by atoms with Crippen molar-refractivity contribution in [3.8, 4) is 5.88 Å². The molecular formula is C13H12F3N3O. The predicted molar refractivity (Wildman–Crippen MR) is 69.9 cm³/mol. The van der Waals surface area contributed by atoms with E-state index in [2.05, 4.69) is 10.3 Å². The van der Waals surface area contributed by atoms with Crippen LogP contribution in [0.3, 0.4) is 0 Å². The van der Waals surface area contributed by atoms with Crippen LogP contribution in [0.2, 0.25) is 0 Å². The van der Waals surface area contributed by atoms with Crippen molar-refractivity contribution in [1.82, 2.24) is 4.98 Å². The maximum atomic E-state index is 12.6. The Morgan fingerprint density at radius 1 is 1.20 bits per heavy atom. The molecule has 106 valence electrons. The molecule has 0 saturated carbocycles. The van der Waals surface area contributed by atoms with Crippen molar-refractivity contribution in [2.75, 3.05) is 18.2 Å². The summed E-state index contributed by atoms with van der Waals surface area (Å²) in [5.74, 6) is 0.553. The van der Waals surface area contributed by atoms with E-state index in [1.165, 1.54) is 19.2 Å².